The molecular formula is C61H43NO. The van der Waals surface area contributed by atoms with E-state index in [0.29, 0.717) is 0 Å². The standard InChI is InChI=1S/C61H43NO/c1-61(2)56-20-12-11-19-52(56)53-36-34-50(39-57(53)61)62(48-30-25-43(26-31-48)41-15-7-4-8-16-41)49-32-27-44(28-33-49)46-29-35-54-55-37-47-17-9-10-18-51(47)59(60(55)63-58(54)38-46)45-23-21-42(22-24-45)40-13-5-3-6-14-40/h3-39H,1-2H3. The molecule has 0 spiro atoms. The summed E-state index contributed by atoms with van der Waals surface area (Å²) in [7, 11) is 0. The van der Waals surface area contributed by atoms with Crippen LogP contribution in [-0.4, -0.2) is 0 Å². The number of anilines is 3. The maximum atomic E-state index is 6.91. The lowest BCUT2D eigenvalue weighted by molar-refractivity contribution is 0.660. The number of nitrogens with zero attached hydrogens (tertiary/aromatic N) is 1. The predicted molar refractivity (Wildman–Crippen MR) is 265 cm³/mol. The van der Waals surface area contributed by atoms with E-state index in [0.717, 1.165) is 61.3 Å². The summed E-state index contributed by atoms with van der Waals surface area (Å²) in [5, 5.41) is 4.63. The van der Waals surface area contributed by atoms with E-state index in [1.165, 1.54) is 55.3 Å². The van der Waals surface area contributed by atoms with Gasteiger partial charge in [0.1, 0.15) is 11.2 Å². The van der Waals surface area contributed by atoms with Gasteiger partial charge in [-0.25, -0.2) is 0 Å². The zero-order valence-electron chi connectivity index (χ0n) is 35.2. The molecular weight excluding hydrogens is 763 g/mol. The van der Waals surface area contributed by atoms with Crippen LogP contribution >= 0.6 is 0 Å². The molecule has 63 heavy (non-hydrogen) atoms. The minimum atomic E-state index is -0.107. The van der Waals surface area contributed by atoms with E-state index in [4.69, 9.17) is 4.42 Å². The minimum Gasteiger partial charge on any atom is -0.455 e. The van der Waals surface area contributed by atoms with Gasteiger partial charge in [0, 0.05) is 38.8 Å². The molecule has 0 bridgehead atoms. The van der Waals surface area contributed by atoms with Crippen LogP contribution in [0.25, 0.3) is 88.3 Å². The summed E-state index contributed by atoms with van der Waals surface area (Å²) in [6.07, 6.45) is 0. The molecule has 0 N–H and O–H groups in total. The van der Waals surface area contributed by atoms with Gasteiger partial charge in [0.05, 0.1) is 0 Å². The highest BCUT2D eigenvalue weighted by Crippen LogP contribution is 2.51. The maximum Gasteiger partial charge on any atom is 0.143 e. The highest BCUT2D eigenvalue weighted by atomic mass is 16.3. The number of hydrogen-bond donors (Lipinski definition) is 0. The average Bonchev–Trinajstić information content (AvgIpc) is 3.82. The first-order valence-corrected chi connectivity index (χ1v) is 21.8. The second-order valence-electron chi connectivity index (χ2n) is 17.3. The van der Waals surface area contributed by atoms with Crippen molar-refractivity contribution < 1.29 is 4.42 Å². The monoisotopic (exact) mass is 805 g/mol. The van der Waals surface area contributed by atoms with E-state index < -0.39 is 0 Å². The normalized spacial score (nSPS) is 12.7. The molecule has 1 aromatic heterocycles. The SMILES string of the molecule is CC1(C)c2ccccc2-c2ccc(N(c3ccc(-c4ccccc4)cc3)c3ccc(-c4ccc5c(c4)oc4c(-c6ccc(-c7ccccc7)cc6)c6ccccc6cc45)cc3)cc21. The van der Waals surface area contributed by atoms with Crippen molar-refractivity contribution in [2.45, 2.75) is 19.3 Å². The van der Waals surface area contributed by atoms with Crippen LogP contribution in [0.3, 0.4) is 0 Å². The molecule has 0 unspecified atom stereocenters. The van der Waals surface area contributed by atoms with E-state index in [-0.39, 0.29) is 5.41 Å². The molecule has 10 aromatic carbocycles. The van der Waals surface area contributed by atoms with Gasteiger partial charge in [-0.15, -0.1) is 0 Å². The number of fused-ring (bicyclic) bond motifs is 7. The molecule has 1 aliphatic carbocycles. The summed E-state index contributed by atoms with van der Waals surface area (Å²) >= 11 is 0. The Labute approximate surface area is 368 Å². The third-order valence-electron chi connectivity index (χ3n) is 13.3. The Hall–Kier alpha value is -7.94. The fourth-order valence-electron chi connectivity index (χ4n) is 10.0. The first-order chi connectivity index (χ1) is 31.0. The minimum absolute atomic E-state index is 0.107. The number of furan rings is 1. The summed E-state index contributed by atoms with van der Waals surface area (Å²) < 4.78 is 6.91. The van der Waals surface area contributed by atoms with E-state index in [2.05, 4.69) is 243 Å². The Morgan fingerprint density at radius 1 is 0.349 bits per heavy atom. The zero-order valence-corrected chi connectivity index (χ0v) is 35.2. The molecule has 12 rings (SSSR count). The van der Waals surface area contributed by atoms with Gasteiger partial charge in [0.15, 0.2) is 0 Å². The molecule has 298 valence electrons. The van der Waals surface area contributed by atoms with Crippen LogP contribution < -0.4 is 4.90 Å². The van der Waals surface area contributed by atoms with Gasteiger partial charge in [0.25, 0.3) is 0 Å². The van der Waals surface area contributed by atoms with Crippen LogP contribution in [0.2, 0.25) is 0 Å². The van der Waals surface area contributed by atoms with Crippen LogP contribution in [-0.2, 0) is 5.41 Å². The van der Waals surface area contributed by atoms with Crippen molar-refractivity contribution in [3.63, 3.8) is 0 Å². The number of benzene rings is 10. The van der Waals surface area contributed by atoms with Gasteiger partial charge in [-0.2, -0.15) is 0 Å². The van der Waals surface area contributed by atoms with Gasteiger partial charge in [0.2, 0.25) is 0 Å². The first-order valence-electron chi connectivity index (χ1n) is 21.8. The molecule has 11 aromatic rings. The van der Waals surface area contributed by atoms with Crippen molar-refractivity contribution in [1.29, 1.82) is 0 Å². The Bertz CT molecular complexity index is 3490. The van der Waals surface area contributed by atoms with Crippen molar-refractivity contribution in [2.75, 3.05) is 4.90 Å². The molecule has 0 amide bonds. The third kappa shape index (κ3) is 6.17. The van der Waals surface area contributed by atoms with E-state index in [1.807, 2.05) is 0 Å². The molecule has 0 saturated heterocycles. The quantitative estimate of drug-likeness (QED) is 0.160. The third-order valence-corrected chi connectivity index (χ3v) is 13.3. The lowest BCUT2D eigenvalue weighted by Crippen LogP contribution is -2.16. The summed E-state index contributed by atoms with van der Waals surface area (Å²) in [6, 6.07) is 81.4. The lowest BCUT2D eigenvalue weighted by atomic mass is 9.82. The second-order valence-corrected chi connectivity index (χ2v) is 17.3. The van der Waals surface area contributed by atoms with Crippen molar-refractivity contribution in [1.82, 2.24) is 0 Å². The Morgan fingerprint density at radius 3 is 1.54 bits per heavy atom. The summed E-state index contributed by atoms with van der Waals surface area (Å²) in [4.78, 5) is 2.39. The van der Waals surface area contributed by atoms with Crippen molar-refractivity contribution in [2.24, 2.45) is 0 Å². The van der Waals surface area contributed by atoms with Gasteiger partial charge < -0.3 is 9.32 Å². The van der Waals surface area contributed by atoms with Gasteiger partial charge in [-0.05, 0) is 127 Å². The van der Waals surface area contributed by atoms with E-state index >= 15 is 0 Å². The number of rotatable bonds is 7. The Kier molecular flexibility index (Phi) is 8.55. The molecule has 0 saturated carbocycles. The van der Waals surface area contributed by atoms with Crippen LogP contribution in [0.4, 0.5) is 17.1 Å². The largest absolute Gasteiger partial charge is 0.455 e. The predicted octanol–water partition coefficient (Wildman–Crippen LogP) is 17.2. The molecule has 0 radical (unpaired) electrons. The molecule has 2 nitrogen and oxygen atoms in total. The van der Waals surface area contributed by atoms with E-state index in [1.54, 1.807) is 0 Å². The molecule has 2 heteroatoms. The topological polar surface area (TPSA) is 16.4 Å². The maximum absolute atomic E-state index is 6.91. The molecule has 1 aliphatic rings. The van der Waals surface area contributed by atoms with Crippen molar-refractivity contribution in [3.8, 4) is 55.6 Å². The highest BCUT2D eigenvalue weighted by molar-refractivity contribution is 6.18. The summed E-state index contributed by atoms with van der Waals surface area (Å²) in [5.74, 6) is 0. The number of hydrogen-bond acceptors (Lipinski definition) is 2. The zero-order chi connectivity index (χ0) is 42.1. The molecule has 1 heterocycles. The molecule has 0 atom stereocenters. The van der Waals surface area contributed by atoms with Gasteiger partial charge in [-0.1, -0.05) is 184 Å². The van der Waals surface area contributed by atoms with E-state index in [9.17, 15) is 0 Å². The Morgan fingerprint density at radius 2 is 0.857 bits per heavy atom. The fraction of sp³-hybridized carbons (Fsp3) is 0.0492. The first kappa shape index (κ1) is 36.9. The lowest BCUT2D eigenvalue weighted by Gasteiger charge is -2.28. The second kappa shape index (κ2) is 14.6. The van der Waals surface area contributed by atoms with Gasteiger partial charge >= 0.3 is 0 Å². The van der Waals surface area contributed by atoms with Crippen LogP contribution in [0.5, 0.6) is 0 Å². The van der Waals surface area contributed by atoms with Crippen LogP contribution in [0.15, 0.2) is 229 Å². The van der Waals surface area contributed by atoms with Crippen molar-refractivity contribution >= 4 is 49.8 Å². The molecule has 0 aliphatic heterocycles. The summed E-state index contributed by atoms with van der Waals surface area (Å²) in [5.41, 5.74) is 19.7. The van der Waals surface area contributed by atoms with Crippen molar-refractivity contribution in [3.05, 3.63) is 236 Å². The highest BCUT2D eigenvalue weighted by Gasteiger charge is 2.35. The Balaban J connectivity index is 0.934. The average molecular weight is 806 g/mol. The molecule has 0 fully saturated rings. The smallest absolute Gasteiger partial charge is 0.143 e. The fourth-order valence-corrected chi connectivity index (χ4v) is 10.0. The summed E-state index contributed by atoms with van der Waals surface area (Å²) in [6.45, 7) is 4.70. The van der Waals surface area contributed by atoms with Gasteiger partial charge in [-0.3, -0.25) is 0 Å². The van der Waals surface area contributed by atoms with Crippen LogP contribution in [0, 0.1) is 0 Å². The van der Waals surface area contributed by atoms with Crippen LogP contribution in [0.1, 0.15) is 25.0 Å².